The Kier molecular flexibility index (Phi) is 3.74. The van der Waals surface area contributed by atoms with Crippen LogP contribution in [0.3, 0.4) is 0 Å². The minimum Gasteiger partial charge on any atom is -0.399 e. The van der Waals surface area contributed by atoms with E-state index in [-0.39, 0.29) is 0 Å². The number of nitrogen functional groups attached to an aromatic ring is 1. The Morgan fingerprint density at radius 3 is 2.75 bits per heavy atom. The van der Waals surface area contributed by atoms with Crippen LogP contribution in [0, 0.1) is 0 Å². The normalized spacial score (nSPS) is 14.5. The maximum absolute atomic E-state index is 5.74. The molecule has 122 valence electrons. The number of rotatable bonds is 3. The van der Waals surface area contributed by atoms with Crippen molar-refractivity contribution in [2.45, 2.75) is 19.5 Å². The molecule has 0 fully saturated rings. The second-order valence-electron chi connectivity index (χ2n) is 6.27. The van der Waals surface area contributed by atoms with Gasteiger partial charge in [0.25, 0.3) is 0 Å². The Balaban J connectivity index is 1.52. The monoisotopic (exact) mass is 320 g/mol. The summed E-state index contributed by atoms with van der Waals surface area (Å²) in [4.78, 5) is 11.7. The largest absolute Gasteiger partial charge is 0.399 e. The van der Waals surface area contributed by atoms with Gasteiger partial charge in [-0.3, -0.25) is 9.58 Å². The quantitative estimate of drug-likeness (QED) is 0.748. The highest BCUT2D eigenvalue weighted by Crippen LogP contribution is 2.22. The second kappa shape index (κ2) is 6.05. The molecule has 0 saturated carbocycles. The van der Waals surface area contributed by atoms with E-state index >= 15 is 0 Å². The topological polar surface area (TPSA) is 72.9 Å². The summed E-state index contributed by atoms with van der Waals surface area (Å²) in [5, 5.41) is 4.23. The minimum absolute atomic E-state index is 0.753. The molecule has 3 heterocycles. The number of aryl methyl sites for hydroxylation is 1. The van der Waals surface area contributed by atoms with Gasteiger partial charge in [0.1, 0.15) is 0 Å². The predicted octanol–water partition coefficient (Wildman–Crippen LogP) is 2.02. The summed E-state index contributed by atoms with van der Waals surface area (Å²) in [5.74, 6) is 0.773. The maximum Gasteiger partial charge on any atom is 0.159 e. The molecule has 6 nitrogen and oxygen atoms in total. The number of benzene rings is 1. The molecule has 0 amide bonds. The van der Waals surface area contributed by atoms with Crippen molar-refractivity contribution in [1.82, 2.24) is 24.6 Å². The second-order valence-corrected chi connectivity index (χ2v) is 6.27. The third-order valence-electron chi connectivity index (χ3n) is 4.35. The molecule has 2 aromatic heterocycles. The molecule has 1 aliphatic rings. The molecule has 0 saturated heterocycles. The fourth-order valence-corrected chi connectivity index (χ4v) is 3.09. The van der Waals surface area contributed by atoms with Crippen molar-refractivity contribution in [1.29, 1.82) is 0 Å². The van der Waals surface area contributed by atoms with Crippen LogP contribution in [0.4, 0.5) is 5.69 Å². The minimum atomic E-state index is 0.753. The third kappa shape index (κ3) is 3.00. The van der Waals surface area contributed by atoms with E-state index < -0.39 is 0 Å². The van der Waals surface area contributed by atoms with E-state index in [0.717, 1.165) is 48.8 Å². The Bertz CT molecular complexity index is 852. The fraction of sp³-hybridized carbons (Fsp3) is 0.278. The van der Waals surface area contributed by atoms with Gasteiger partial charge in [-0.1, -0.05) is 0 Å². The molecular formula is C18H20N6. The SMILES string of the molecule is Cn1cc(CN2CCc3nc(-c4ccc(N)cc4)ncc3C2)cn1. The number of nitrogens with two attached hydrogens (primary N) is 1. The maximum atomic E-state index is 5.74. The van der Waals surface area contributed by atoms with E-state index in [0.29, 0.717) is 0 Å². The van der Waals surface area contributed by atoms with Gasteiger partial charge in [0, 0.05) is 67.9 Å². The molecule has 2 N–H and O–H groups in total. The molecule has 1 aliphatic heterocycles. The van der Waals surface area contributed by atoms with Crippen LogP contribution in [0.25, 0.3) is 11.4 Å². The standard InChI is InChI=1S/C18H20N6/c1-23-10-13(8-21-23)11-24-7-6-17-15(12-24)9-20-18(22-17)14-2-4-16(19)5-3-14/h2-5,8-10H,6-7,11-12,19H2,1H3. The highest BCUT2D eigenvalue weighted by molar-refractivity contribution is 5.58. The average Bonchev–Trinajstić information content (AvgIpc) is 3.00. The summed E-state index contributed by atoms with van der Waals surface area (Å²) in [6.07, 6.45) is 6.90. The highest BCUT2D eigenvalue weighted by Gasteiger charge is 2.19. The van der Waals surface area contributed by atoms with E-state index in [1.54, 1.807) is 0 Å². The van der Waals surface area contributed by atoms with Gasteiger partial charge in [-0.25, -0.2) is 9.97 Å². The van der Waals surface area contributed by atoms with Gasteiger partial charge in [0.2, 0.25) is 0 Å². The lowest BCUT2D eigenvalue weighted by Crippen LogP contribution is -2.30. The summed E-state index contributed by atoms with van der Waals surface area (Å²) in [7, 11) is 1.95. The first-order valence-corrected chi connectivity index (χ1v) is 8.08. The van der Waals surface area contributed by atoms with Gasteiger partial charge in [0.15, 0.2) is 5.82 Å². The molecule has 0 radical (unpaired) electrons. The smallest absolute Gasteiger partial charge is 0.159 e. The molecule has 24 heavy (non-hydrogen) atoms. The Labute approximate surface area is 141 Å². The predicted molar refractivity (Wildman–Crippen MR) is 92.9 cm³/mol. The lowest BCUT2D eigenvalue weighted by atomic mass is 10.1. The summed E-state index contributed by atoms with van der Waals surface area (Å²) in [5.41, 5.74) is 11.1. The molecule has 0 bridgehead atoms. The molecule has 6 heteroatoms. The number of anilines is 1. The number of fused-ring (bicyclic) bond motifs is 1. The van der Waals surface area contributed by atoms with Crippen LogP contribution in [-0.4, -0.2) is 31.2 Å². The summed E-state index contributed by atoms with van der Waals surface area (Å²) in [6.45, 7) is 2.79. The van der Waals surface area contributed by atoms with Gasteiger partial charge < -0.3 is 5.73 Å². The summed E-state index contributed by atoms with van der Waals surface area (Å²) in [6, 6.07) is 7.70. The molecule has 1 aromatic carbocycles. The van der Waals surface area contributed by atoms with Crippen molar-refractivity contribution in [3.05, 3.63) is 59.7 Å². The number of aromatic nitrogens is 4. The van der Waals surface area contributed by atoms with Crippen molar-refractivity contribution in [2.24, 2.45) is 7.05 Å². The Morgan fingerprint density at radius 1 is 1.17 bits per heavy atom. The van der Waals surface area contributed by atoms with Crippen LogP contribution >= 0.6 is 0 Å². The van der Waals surface area contributed by atoms with Gasteiger partial charge in [-0.05, 0) is 24.3 Å². The first kappa shape index (κ1) is 14.8. The third-order valence-corrected chi connectivity index (χ3v) is 4.35. The van der Waals surface area contributed by atoms with Gasteiger partial charge >= 0.3 is 0 Å². The zero-order valence-corrected chi connectivity index (χ0v) is 13.7. The van der Waals surface area contributed by atoms with Crippen molar-refractivity contribution < 1.29 is 0 Å². The number of hydrogen-bond acceptors (Lipinski definition) is 5. The van der Waals surface area contributed by atoms with Crippen molar-refractivity contribution >= 4 is 5.69 Å². The van der Waals surface area contributed by atoms with Crippen molar-refractivity contribution in [2.75, 3.05) is 12.3 Å². The lowest BCUT2D eigenvalue weighted by Gasteiger charge is -2.27. The van der Waals surface area contributed by atoms with Crippen molar-refractivity contribution in [3.63, 3.8) is 0 Å². The van der Waals surface area contributed by atoms with Crippen LogP contribution in [0.1, 0.15) is 16.8 Å². The van der Waals surface area contributed by atoms with Crippen LogP contribution in [-0.2, 0) is 26.6 Å². The van der Waals surface area contributed by atoms with Gasteiger partial charge in [-0.2, -0.15) is 5.10 Å². The summed E-state index contributed by atoms with van der Waals surface area (Å²) >= 11 is 0. The Hall–Kier alpha value is -2.73. The molecule has 0 spiro atoms. The zero-order chi connectivity index (χ0) is 16.5. The van der Waals surface area contributed by atoms with Gasteiger partial charge in [0.05, 0.1) is 11.9 Å². The Morgan fingerprint density at radius 2 is 2.00 bits per heavy atom. The number of hydrogen-bond donors (Lipinski definition) is 1. The fourth-order valence-electron chi connectivity index (χ4n) is 3.09. The molecule has 3 aromatic rings. The molecule has 0 aliphatic carbocycles. The van der Waals surface area contributed by atoms with Crippen LogP contribution in [0.5, 0.6) is 0 Å². The lowest BCUT2D eigenvalue weighted by molar-refractivity contribution is 0.243. The first-order valence-electron chi connectivity index (χ1n) is 8.08. The number of nitrogens with zero attached hydrogens (tertiary/aromatic N) is 5. The van der Waals surface area contributed by atoms with Crippen LogP contribution < -0.4 is 5.73 Å². The molecule has 4 rings (SSSR count). The van der Waals surface area contributed by atoms with Crippen LogP contribution in [0.15, 0.2) is 42.9 Å². The zero-order valence-electron chi connectivity index (χ0n) is 13.7. The molecule has 0 atom stereocenters. The average molecular weight is 320 g/mol. The summed E-state index contributed by atoms with van der Waals surface area (Å²) < 4.78 is 1.84. The molecule has 0 unspecified atom stereocenters. The van der Waals surface area contributed by atoms with E-state index in [9.17, 15) is 0 Å². The van der Waals surface area contributed by atoms with E-state index in [1.165, 1.54) is 11.1 Å². The highest BCUT2D eigenvalue weighted by atomic mass is 15.2. The van der Waals surface area contributed by atoms with Gasteiger partial charge in [-0.15, -0.1) is 0 Å². The van der Waals surface area contributed by atoms with Crippen LogP contribution in [0.2, 0.25) is 0 Å². The van der Waals surface area contributed by atoms with E-state index in [1.807, 2.05) is 48.4 Å². The van der Waals surface area contributed by atoms with E-state index in [4.69, 9.17) is 10.7 Å². The first-order chi connectivity index (χ1) is 11.7. The van der Waals surface area contributed by atoms with E-state index in [2.05, 4.69) is 21.2 Å². The molecular weight excluding hydrogens is 300 g/mol. The van der Waals surface area contributed by atoms with Crippen molar-refractivity contribution in [3.8, 4) is 11.4 Å².